The van der Waals surface area contributed by atoms with Gasteiger partial charge in [0, 0.05) is 29.7 Å². The van der Waals surface area contributed by atoms with Crippen LogP contribution in [0.4, 0.5) is 10.1 Å². The van der Waals surface area contributed by atoms with E-state index >= 15 is 0 Å². The van der Waals surface area contributed by atoms with E-state index in [0.29, 0.717) is 22.7 Å². The summed E-state index contributed by atoms with van der Waals surface area (Å²) in [6.07, 6.45) is 6.08. The highest BCUT2D eigenvalue weighted by molar-refractivity contribution is 5.98. The van der Waals surface area contributed by atoms with Gasteiger partial charge >= 0.3 is 5.97 Å². The number of hydrogen-bond donors (Lipinski definition) is 1. The first-order chi connectivity index (χ1) is 10.6. The maximum atomic E-state index is 13.4. The van der Waals surface area contributed by atoms with E-state index in [2.05, 4.69) is 4.99 Å². The van der Waals surface area contributed by atoms with E-state index in [0.717, 1.165) is 0 Å². The Morgan fingerprint density at radius 1 is 1.36 bits per heavy atom. The van der Waals surface area contributed by atoms with Crippen molar-refractivity contribution in [1.82, 2.24) is 0 Å². The zero-order valence-electron chi connectivity index (χ0n) is 12.0. The van der Waals surface area contributed by atoms with Crippen molar-refractivity contribution < 1.29 is 23.8 Å². The van der Waals surface area contributed by atoms with E-state index in [1.165, 1.54) is 32.4 Å². The molecular formula is C16H14FNO4. The number of ether oxygens (including phenoxy) is 2. The average Bonchev–Trinajstić information content (AvgIpc) is 2.52. The number of carbonyl (C=O) groups is 1. The van der Waals surface area contributed by atoms with Crippen LogP contribution in [0, 0.1) is 5.92 Å². The van der Waals surface area contributed by atoms with Gasteiger partial charge in [0.25, 0.3) is 0 Å². The molecule has 0 amide bonds. The number of hydrogen-bond acceptors (Lipinski definition) is 4. The third-order valence-electron chi connectivity index (χ3n) is 3.85. The van der Waals surface area contributed by atoms with Gasteiger partial charge in [-0.05, 0) is 12.2 Å². The highest BCUT2D eigenvalue weighted by Gasteiger charge is 2.34. The van der Waals surface area contributed by atoms with Crippen LogP contribution in [0.25, 0.3) is 0 Å². The van der Waals surface area contributed by atoms with Gasteiger partial charge in [-0.2, -0.15) is 0 Å². The zero-order chi connectivity index (χ0) is 15.9. The average molecular weight is 303 g/mol. The molecule has 1 aromatic rings. The molecule has 1 aliphatic heterocycles. The van der Waals surface area contributed by atoms with Crippen molar-refractivity contribution in [2.45, 2.75) is 5.92 Å². The second-order valence-electron chi connectivity index (χ2n) is 5.02. The van der Waals surface area contributed by atoms with Crippen LogP contribution in [0.1, 0.15) is 21.8 Å². The molecule has 22 heavy (non-hydrogen) atoms. The highest BCUT2D eigenvalue weighted by atomic mass is 19.1. The molecule has 0 spiro atoms. The van der Waals surface area contributed by atoms with E-state index in [4.69, 9.17) is 9.47 Å². The lowest BCUT2D eigenvalue weighted by Gasteiger charge is -2.29. The lowest BCUT2D eigenvalue weighted by Crippen LogP contribution is -2.19. The van der Waals surface area contributed by atoms with Crippen LogP contribution in [0.5, 0.6) is 11.5 Å². The molecule has 2 unspecified atom stereocenters. The SMILES string of the molecule is COc1cc(C(=O)O)c2c(c1OC)C1C=CC(F)=CC1C=N2. The topological polar surface area (TPSA) is 68.1 Å². The van der Waals surface area contributed by atoms with Crippen LogP contribution in [-0.2, 0) is 0 Å². The Labute approximate surface area is 126 Å². The normalized spacial score (nSPS) is 21.7. The van der Waals surface area contributed by atoms with Gasteiger partial charge in [0.1, 0.15) is 5.83 Å². The zero-order valence-corrected chi connectivity index (χ0v) is 12.0. The third kappa shape index (κ3) is 2.07. The summed E-state index contributed by atoms with van der Waals surface area (Å²) in [5.74, 6) is -1.21. The van der Waals surface area contributed by atoms with E-state index in [-0.39, 0.29) is 23.2 Å². The molecule has 0 aromatic heterocycles. The number of carboxylic acids is 1. The molecule has 1 N–H and O–H groups in total. The summed E-state index contributed by atoms with van der Waals surface area (Å²) >= 11 is 0. The van der Waals surface area contributed by atoms with Crippen LogP contribution in [0.2, 0.25) is 0 Å². The third-order valence-corrected chi connectivity index (χ3v) is 3.85. The van der Waals surface area contributed by atoms with E-state index < -0.39 is 5.97 Å². The second kappa shape index (κ2) is 5.29. The summed E-state index contributed by atoms with van der Waals surface area (Å²) < 4.78 is 24.1. The Bertz CT molecular complexity index is 736. The molecule has 1 aromatic carbocycles. The molecule has 1 heterocycles. The number of methoxy groups -OCH3 is 2. The number of rotatable bonds is 3. The van der Waals surface area contributed by atoms with Gasteiger partial charge in [0.2, 0.25) is 0 Å². The Morgan fingerprint density at radius 3 is 2.77 bits per heavy atom. The largest absolute Gasteiger partial charge is 0.493 e. The summed E-state index contributed by atoms with van der Waals surface area (Å²) in [7, 11) is 2.92. The molecular weight excluding hydrogens is 289 g/mol. The summed E-state index contributed by atoms with van der Waals surface area (Å²) in [5, 5.41) is 9.40. The van der Waals surface area contributed by atoms with Gasteiger partial charge in [-0.1, -0.05) is 6.08 Å². The number of nitrogens with zero attached hydrogens (tertiary/aromatic N) is 1. The molecule has 5 nitrogen and oxygen atoms in total. The number of allylic oxidation sites excluding steroid dienone is 4. The number of carboxylic acid groups (broad SMARTS) is 1. The molecule has 0 saturated heterocycles. The predicted octanol–water partition coefficient (Wildman–Crippen LogP) is 3.24. The summed E-state index contributed by atoms with van der Waals surface area (Å²) in [5.41, 5.74) is 0.962. The molecule has 2 atom stereocenters. The molecule has 6 heteroatoms. The number of halogens is 1. The van der Waals surface area contributed by atoms with Crippen molar-refractivity contribution in [3.05, 3.63) is 41.2 Å². The fourth-order valence-corrected chi connectivity index (χ4v) is 2.88. The highest BCUT2D eigenvalue weighted by Crippen LogP contribution is 2.50. The second-order valence-corrected chi connectivity index (χ2v) is 5.02. The maximum absolute atomic E-state index is 13.4. The fourth-order valence-electron chi connectivity index (χ4n) is 2.88. The van der Waals surface area contributed by atoms with Gasteiger partial charge in [-0.15, -0.1) is 0 Å². The van der Waals surface area contributed by atoms with E-state index in [1.807, 2.05) is 0 Å². The van der Waals surface area contributed by atoms with Crippen molar-refractivity contribution in [1.29, 1.82) is 0 Å². The van der Waals surface area contributed by atoms with Crippen molar-refractivity contribution in [3.63, 3.8) is 0 Å². The maximum Gasteiger partial charge on any atom is 0.338 e. The molecule has 0 saturated carbocycles. The monoisotopic (exact) mass is 303 g/mol. The summed E-state index contributed by atoms with van der Waals surface area (Å²) in [6.45, 7) is 0. The number of aliphatic imine (C=N–C) groups is 1. The molecule has 3 rings (SSSR count). The molecule has 0 bridgehead atoms. The van der Waals surface area contributed by atoms with Crippen molar-refractivity contribution >= 4 is 17.9 Å². The summed E-state index contributed by atoms with van der Waals surface area (Å²) in [4.78, 5) is 15.7. The molecule has 114 valence electrons. The van der Waals surface area contributed by atoms with Crippen molar-refractivity contribution in [2.75, 3.05) is 14.2 Å². The van der Waals surface area contributed by atoms with Gasteiger partial charge in [-0.25, -0.2) is 9.18 Å². The van der Waals surface area contributed by atoms with E-state index in [1.54, 1.807) is 12.3 Å². The van der Waals surface area contributed by atoms with Gasteiger partial charge in [-0.3, -0.25) is 4.99 Å². The lowest BCUT2D eigenvalue weighted by molar-refractivity contribution is 0.0697. The quantitative estimate of drug-likeness (QED) is 0.930. The molecule has 0 radical (unpaired) electrons. The minimum atomic E-state index is -1.10. The molecule has 0 fully saturated rings. The van der Waals surface area contributed by atoms with Gasteiger partial charge in [0.05, 0.1) is 25.5 Å². The number of fused-ring (bicyclic) bond motifs is 3. The van der Waals surface area contributed by atoms with E-state index in [9.17, 15) is 14.3 Å². The van der Waals surface area contributed by atoms with Crippen LogP contribution >= 0.6 is 0 Å². The molecule has 2 aliphatic rings. The number of benzene rings is 1. The first-order valence-electron chi connectivity index (χ1n) is 6.68. The smallest absolute Gasteiger partial charge is 0.338 e. The number of aromatic carboxylic acids is 1. The minimum absolute atomic E-state index is 0.0331. The summed E-state index contributed by atoms with van der Waals surface area (Å²) in [6, 6.07) is 1.39. The Balaban J connectivity index is 2.29. The van der Waals surface area contributed by atoms with Crippen LogP contribution in [0.3, 0.4) is 0 Å². The Hall–Kier alpha value is -2.63. The fraction of sp³-hybridized carbons (Fsp3) is 0.250. The first kappa shape index (κ1) is 14.3. The Morgan fingerprint density at radius 2 is 2.14 bits per heavy atom. The van der Waals surface area contributed by atoms with Crippen LogP contribution < -0.4 is 9.47 Å². The van der Waals surface area contributed by atoms with Crippen LogP contribution in [0.15, 0.2) is 35.1 Å². The Kier molecular flexibility index (Phi) is 3.44. The van der Waals surface area contributed by atoms with Crippen molar-refractivity contribution in [2.24, 2.45) is 10.9 Å². The van der Waals surface area contributed by atoms with Gasteiger partial charge < -0.3 is 14.6 Å². The standard InChI is InChI=1S/C16H14FNO4/c1-21-12-6-11(16(19)20)14-13(15(12)22-2)10-4-3-9(17)5-8(10)7-18-14/h3-8,10H,1-2H3,(H,19,20). The predicted molar refractivity (Wildman–Crippen MR) is 79.2 cm³/mol. The van der Waals surface area contributed by atoms with Crippen molar-refractivity contribution in [3.8, 4) is 11.5 Å². The minimum Gasteiger partial charge on any atom is -0.493 e. The van der Waals surface area contributed by atoms with Crippen LogP contribution in [-0.4, -0.2) is 31.5 Å². The first-order valence-corrected chi connectivity index (χ1v) is 6.68. The lowest BCUT2D eigenvalue weighted by atomic mass is 9.79. The molecule has 1 aliphatic carbocycles. The van der Waals surface area contributed by atoms with Gasteiger partial charge in [0.15, 0.2) is 11.5 Å².